The molecule has 0 radical (unpaired) electrons. The molecule has 1 aromatic carbocycles. The van der Waals surface area contributed by atoms with Gasteiger partial charge in [0.15, 0.2) is 0 Å². The Morgan fingerprint density at radius 3 is 2.63 bits per heavy atom. The summed E-state index contributed by atoms with van der Waals surface area (Å²) >= 11 is 1.56. The minimum absolute atomic E-state index is 0.233. The molecule has 1 heterocycles. The van der Waals surface area contributed by atoms with E-state index in [-0.39, 0.29) is 5.82 Å². The summed E-state index contributed by atoms with van der Waals surface area (Å²) in [5, 5.41) is 0. The normalized spacial score (nSPS) is 10.5. The second kappa shape index (κ2) is 6.49. The average Bonchev–Trinajstić information content (AvgIpc) is 2.46. The highest BCUT2D eigenvalue weighted by molar-refractivity contribution is 7.98. The molecule has 0 spiro atoms. The zero-order chi connectivity index (χ0) is 13.7. The highest BCUT2D eigenvalue weighted by Crippen LogP contribution is 2.22. The Morgan fingerprint density at radius 2 is 2.00 bits per heavy atom. The third-order valence-corrected chi connectivity index (χ3v) is 3.53. The highest BCUT2D eigenvalue weighted by Gasteiger charge is 2.04. The summed E-state index contributed by atoms with van der Waals surface area (Å²) in [7, 11) is 0. The molecule has 1 aromatic heterocycles. The summed E-state index contributed by atoms with van der Waals surface area (Å²) in [5.74, 6) is 7.09. The van der Waals surface area contributed by atoms with Crippen LogP contribution in [0.5, 0.6) is 0 Å². The van der Waals surface area contributed by atoms with Gasteiger partial charge in [-0.2, -0.15) is 0 Å². The van der Waals surface area contributed by atoms with Gasteiger partial charge in [-0.1, -0.05) is 6.92 Å². The number of nitrogens with two attached hydrogens (primary N) is 1. The van der Waals surface area contributed by atoms with Crippen LogP contribution in [0.4, 0.5) is 10.2 Å². The van der Waals surface area contributed by atoms with E-state index in [2.05, 4.69) is 15.4 Å². The van der Waals surface area contributed by atoms with Crippen LogP contribution in [0.3, 0.4) is 0 Å². The molecule has 0 bridgehead atoms. The molecule has 0 aliphatic carbocycles. The van der Waals surface area contributed by atoms with E-state index < -0.39 is 0 Å². The van der Waals surface area contributed by atoms with Gasteiger partial charge < -0.3 is 5.43 Å². The first-order chi connectivity index (χ1) is 9.21. The van der Waals surface area contributed by atoms with Crippen LogP contribution in [-0.2, 0) is 12.2 Å². The molecule has 2 aromatic rings. The maximum absolute atomic E-state index is 12.8. The predicted octanol–water partition coefficient (Wildman–Crippen LogP) is 2.76. The topological polar surface area (TPSA) is 63.8 Å². The first-order valence-corrected chi connectivity index (χ1v) is 6.91. The van der Waals surface area contributed by atoms with E-state index in [1.54, 1.807) is 23.9 Å². The van der Waals surface area contributed by atoms with Crippen LogP contribution >= 0.6 is 11.8 Å². The molecular weight excluding hydrogens is 263 g/mol. The molecule has 0 aliphatic rings. The largest absolute Gasteiger partial charge is 0.308 e. The predicted molar refractivity (Wildman–Crippen MR) is 75.2 cm³/mol. The van der Waals surface area contributed by atoms with Crippen molar-refractivity contribution < 1.29 is 4.39 Å². The zero-order valence-corrected chi connectivity index (χ0v) is 11.4. The second-order valence-corrected chi connectivity index (χ2v) is 4.95. The van der Waals surface area contributed by atoms with E-state index in [4.69, 9.17) is 5.84 Å². The van der Waals surface area contributed by atoms with Crippen LogP contribution in [0.1, 0.15) is 18.4 Å². The quantitative estimate of drug-likeness (QED) is 0.500. The van der Waals surface area contributed by atoms with Crippen molar-refractivity contribution in [2.45, 2.75) is 24.0 Å². The minimum atomic E-state index is -0.233. The molecule has 2 rings (SSSR count). The van der Waals surface area contributed by atoms with E-state index in [9.17, 15) is 4.39 Å². The minimum Gasteiger partial charge on any atom is -0.308 e. The number of hydrazine groups is 1. The number of nitrogen functional groups attached to an aromatic ring is 1. The van der Waals surface area contributed by atoms with E-state index in [0.29, 0.717) is 17.4 Å². The molecule has 3 N–H and O–H groups in total. The van der Waals surface area contributed by atoms with Crippen LogP contribution < -0.4 is 11.3 Å². The summed E-state index contributed by atoms with van der Waals surface area (Å²) < 4.78 is 12.8. The first kappa shape index (κ1) is 13.8. The van der Waals surface area contributed by atoms with Gasteiger partial charge in [0.05, 0.1) is 5.75 Å². The first-order valence-electron chi connectivity index (χ1n) is 5.93. The Hall–Kier alpha value is -1.66. The Balaban J connectivity index is 2.08. The van der Waals surface area contributed by atoms with Crippen LogP contribution in [0.25, 0.3) is 0 Å². The summed E-state index contributed by atoms with van der Waals surface area (Å²) in [6.07, 6.45) is 0.825. The number of thioether (sulfide) groups is 1. The fourth-order valence-electron chi connectivity index (χ4n) is 1.55. The third-order valence-electron chi connectivity index (χ3n) is 2.52. The van der Waals surface area contributed by atoms with E-state index in [1.165, 1.54) is 12.1 Å². The van der Waals surface area contributed by atoms with E-state index in [1.807, 2.05) is 13.0 Å². The van der Waals surface area contributed by atoms with Crippen LogP contribution in [-0.4, -0.2) is 9.97 Å². The van der Waals surface area contributed by atoms with Gasteiger partial charge in [0.1, 0.15) is 17.5 Å². The summed E-state index contributed by atoms with van der Waals surface area (Å²) in [6.45, 7) is 2.03. The number of halogens is 1. The highest BCUT2D eigenvalue weighted by atomic mass is 32.2. The number of rotatable bonds is 5. The molecule has 0 fully saturated rings. The molecule has 0 aliphatic heterocycles. The van der Waals surface area contributed by atoms with Gasteiger partial charge >= 0.3 is 0 Å². The van der Waals surface area contributed by atoms with Crippen molar-refractivity contribution in [2.75, 3.05) is 5.43 Å². The monoisotopic (exact) mass is 278 g/mol. The lowest BCUT2D eigenvalue weighted by molar-refractivity contribution is 0.626. The second-order valence-electron chi connectivity index (χ2n) is 3.90. The smallest absolute Gasteiger partial charge is 0.143 e. The number of hydrogen-bond acceptors (Lipinski definition) is 5. The van der Waals surface area contributed by atoms with Crippen LogP contribution in [0.2, 0.25) is 0 Å². The fourth-order valence-corrected chi connectivity index (χ4v) is 2.30. The number of nitrogens with one attached hydrogen (secondary N) is 1. The van der Waals surface area contributed by atoms with Gasteiger partial charge in [-0.25, -0.2) is 20.2 Å². The molecule has 100 valence electrons. The van der Waals surface area contributed by atoms with Gasteiger partial charge in [0, 0.05) is 16.7 Å². The summed E-state index contributed by atoms with van der Waals surface area (Å²) in [6, 6.07) is 8.20. The molecule has 0 amide bonds. The SMILES string of the molecule is CCc1cc(NN)nc(CSc2ccc(F)cc2)n1. The lowest BCUT2D eigenvalue weighted by Gasteiger charge is -2.06. The molecule has 0 unspecified atom stereocenters. The number of hydrogen-bond donors (Lipinski definition) is 2. The molecule has 4 nitrogen and oxygen atoms in total. The Labute approximate surface area is 115 Å². The van der Waals surface area contributed by atoms with Crippen LogP contribution in [0.15, 0.2) is 35.2 Å². The number of anilines is 1. The van der Waals surface area contributed by atoms with Crippen molar-refractivity contribution in [3.05, 3.63) is 47.7 Å². The third kappa shape index (κ3) is 3.90. The van der Waals surface area contributed by atoms with Gasteiger partial charge in [-0.15, -0.1) is 11.8 Å². The van der Waals surface area contributed by atoms with E-state index >= 15 is 0 Å². The van der Waals surface area contributed by atoms with Gasteiger partial charge in [0.2, 0.25) is 0 Å². The zero-order valence-electron chi connectivity index (χ0n) is 10.6. The number of benzene rings is 1. The lowest BCUT2D eigenvalue weighted by Crippen LogP contribution is -2.11. The fraction of sp³-hybridized carbons (Fsp3) is 0.231. The number of aryl methyl sites for hydroxylation is 1. The molecule has 0 saturated heterocycles. The van der Waals surface area contributed by atoms with Crippen LogP contribution in [0, 0.1) is 5.82 Å². The van der Waals surface area contributed by atoms with E-state index in [0.717, 1.165) is 17.0 Å². The Kier molecular flexibility index (Phi) is 4.70. The van der Waals surface area contributed by atoms with Crippen molar-refractivity contribution in [3.63, 3.8) is 0 Å². The lowest BCUT2D eigenvalue weighted by atomic mass is 10.3. The number of nitrogens with zero attached hydrogens (tertiary/aromatic N) is 2. The van der Waals surface area contributed by atoms with Crippen molar-refractivity contribution >= 4 is 17.6 Å². The van der Waals surface area contributed by atoms with Crippen molar-refractivity contribution in [1.82, 2.24) is 9.97 Å². The molecule has 0 saturated carbocycles. The Bertz CT molecular complexity index is 523. The average molecular weight is 278 g/mol. The van der Waals surface area contributed by atoms with Gasteiger partial charge in [-0.05, 0) is 30.7 Å². The standard InChI is InChI=1S/C13H15FN4S/c1-2-10-7-12(18-15)17-13(16-10)8-19-11-5-3-9(14)4-6-11/h3-7H,2,8,15H2,1H3,(H,16,17,18). The van der Waals surface area contributed by atoms with Crippen molar-refractivity contribution in [1.29, 1.82) is 0 Å². The number of aromatic nitrogens is 2. The molecule has 0 atom stereocenters. The summed E-state index contributed by atoms with van der Waals surface area (Å²) in [5.41, 5.74) is 3.48. The Morgan fingerprint density at radius 1 is 1.26 bits per heavy atom. The molecular formula is C13H15FN4S. The van der Waals surface area contributed by atoms with Crippen molar-refractivity contribution in [3.8, 4) is 0 Å². The molecule has 6 heteroatoms. The van der Waals surface area contributed by atoms with Crippen molar-refractivity contribution in [2.24, 2.45) is 5.84 Å². The van der Waals surface area contributed by atoms with Gasteiger partial charge in [0.25, 0.3) is 0 Å². The maximum Gasteiger partial charge on any atom is 0.143 e. The summed E-state index contributed by atoms with van der Waals surface area (Å²) in [4.78, 5) is 9.70. The van der Waals surface area contributed by atoms with Gasteiger partial charge in [-0.3, -0.25) is 0 Å². The maximum atomic E-state index is 12.8. The molecule has 19 heavy (non-hydrogen) atoms.